The molecule has 0 radical (unpaired) electrons. The van der Waals surface area contributed by atoms with E-state index in [-0.39, 0.29) is 11.7 Å². The van der Waals surface area contributed by atoms with Crippen LogP contribution < -0.4 is 5.73 Å². The van der Waals surface area contributed by atoms with E-state index >= 15 is 0 Å². The molecule has 0 aliphatic carbocycles. The van der Waals surface area contributed by atoms with Crippen molar-refractivity contribution in [3.63, 3.8) is 0 Å². The second-order valence-electron chi connectivity index (χ2n) is 7.77. The number of hydrogen-bond acceptors (Lipinski definition) is 3. The second kappa shape index (κ2) is 7.85. The van der Waals surface area contributed by atoms with Crippen LogP contribution in [0, 0.1) is 9.39 Å². The number of aliphatic imine (C=N–C) groups is 1. The number of nitrogens with two attached hydrogens (primary N) is 1. The molecule has 0 bridgehead atoms. The zero-order valence-electron chi connectivity index (χ0n) is 16.6. The van der Waals surface area contributed by atoms with E-state index in [1.807, 2.05) is 62.4 Å². The summed E-state index contributed by atoms with van der Waals surface area (Å²) in [6.45, 7) is 3.90. The lowest BCUT2D eigenvalue weighted by atomic mass is 9.95. The molecule has 0 amide bonds. The predicted molar refractivity (Wildman–Crippen MR) is 128 cm³/mol. The summed E-state index contributed by atoms with van der Waals surface area (Å²) in [7, 11) is 0. The van der Waals surface area contributed by atoms with Crippen LogP contribution in [0.3, 0.4) is 0 Å². The van der Waals surface area contributed by atoms with Gasteiger partial charge in [-0.05, 0) is 84.5 Å². The maximum absolute atomic E-state index is 13.7. The maximum atomic E-state index is 13.7. The van der Waals surface area contributed by atoms with Crippen molar-refractivity contribution in [2.24, 2.45) is 10.7 Å². The van der Waals surface area contributed by atoms with Gasteiger partial charge in [-0.3, -0.25) is 0 Å². The highest BCUT2D eigenvalue weighted by molar-refractivity contribution is 14.1. The Bertz CT molecular complexity index is 1240. The number of nitrogens with zero attached hydrogens (tertiary/aromatic N) is 1. The van der Waals surface area contributed by atoms with Gasteiger partial charge in [0, 0.05) is 20.1 Å². The van der Waals surface area contributed by atoms with E-state index in [1.165, 1.54) is 12.1 Å². The lowest BCUT2D eigenvalue weighted by molar-refractivity contribution is 0.457. The quantitative estimate of drug-likeness (QED) is 0.232. The summed E-state index contributed by atoms with van der Waals surface area (Å²) < 4.78 is 14.8. The molecule has 0 aliphatic rings. The highest BCUT2D eigenvalue weighted by Crippen LogP contribution is 2.32. The van der Waals surface area contributed by atoms with Crippen molar-refractivity contribution in [3.05, 3.63) is 92.8 Å². The Morgan fingerprint density at radius 1 is 1.03 bits per heavy atom. The number of aromatic nitrogens is 1. The van der Waals surface area contributed by atoms with Crippen LogP contribution in [0.1, 0.15) is 30.5 Å². The van der Waals surface area contributed by atoms with Crippen LogP contribution in [0.4, 0.5) is 10.1 Å². The molecule has 4 rings (SSSR count). The minimum Gasteiger partial charge on any atom is -0.494 e. The summed E-state index contributed by atoms with van der Waals surface area (Å²) in [5.41, 5.74) is 9.96. The number of fused-ring (bicyclic) bond motifs is 1. The highest BCUT2D eigenvalue weighted by Gasteiger charge is 2.19. The number of benzene rings is 3. The molecule has 0 atom stereocenters. The normalized spacial score (nSPS) is 12.5. The van der Waals surface area contributed by atoms with Gasteiger partial charge in [0.15, 0.2) is 5.88 Å². The number of hydrogen-bond donors (Lipinski definition) is 3. The lowest BCUT2D eigenvalue weighted by Gasteiger charge is -2.19. The number of nitrogens with one attached hydrogen (secondary N) is 1. The van der Waals surface area contributed by atoms with Gasteiger partial charge < -0.3 is 15.8 Å². The molecule has 0 spiro atoms. The van der Waals surface area contributed by atoms with Crippen LogP contribution in [-0.4, -0.2) is 15.8 Å². The van der Waals surface area contributed by atoms with Crippen LogP contribution in [-0.2, 0) is 5.54 Å². The van der Waals surface area contributed by atoms with Gasteiger partial charge >= 0.3 is 0 Å². The molecule has 4 N–H and O–H groups in total. The minimum absolute atomic E-state index is 0.0485. The number of H-pyrrole nitrogens is 1. The third-order valence-corrected chi connectivity index (χ3v) is 5.67. The van der Waals surface area contributed by atoms with Crippen LogP contribution in [0.25, 0.3) is 10.9 Å². The first-order valence-electron chi connectivity index (χ1n) is 9.47. The third-order valence-electron chi connectivity index (χ3n) is 4.95. The summed E-state index contributed by atoms with van der Waals surface area (Å²) in [6, 6.07) is 20.0. The zero-order valence-corrected chi connectivity index (χ0v) is 18.7. The summed E-state index contributed by atoms with van der Waals surface area (Å²) >= 11 is 2.24. The molecule has 30 heavy (non-hydrogen) atoms. The summed E-state index contributed by atoms with van der Waals surface area (Å²) in [5.74, 6) is -0.421. The summed E-state index contributed by atoms with van der Waals surface area (Å²) in [5, 5.41) is 11.4. The molecule has 0 fully saturated rings. The topological polar surface area (TPSA) is 74.4 Å². The Balaban J connectivity index is 1.91. The zero-order chi connectivity index (χ0) is 21.5. The first-order chi connectivity index (χ1) is 14.2. The SMILES string of the molecule is CC(C)(N)c1ccc(N=C(c2ccc(I)cc2)c2c(O)[nH]c3cc(F)ccc23)cc1. The standard InChI is InChI=1S/C24H21FIN3O/c1-24(2,27)15-5-10-18(11-6-15)28-22(14-3-8-17(26)9-4-14)21-19-12-7-16(25)13-20(19)29-23(21)30/h3-13,29-30H,27H2,1-2H3. The van der Waals surface area contributed by atoms with Gasteiger partial charge in [0.05, 0.1) is 22.5 Å². The molecule has 0 saturated carbocycles. The average molecular weight is 513 g/mol. The Kier molecular flexibility index (Phi) is 5.38. The average Bonchev–Trinajstić information content (AvgIpc) is 3.01. The Morgan fingerprint density at radius 2 is 1.70 bits per heavy atom. The number of aromatic hydroxyl groups is 1. The fourth-order valence-corrected chi connectivity index (χ4v) is 3.72. The van der Waals surface area contributed by atoms with Crippen molar-refractivity contribution in [1.29, 1.82) is 0 Å². The fraction of sp³-hybridized carbons (Fsp3) is 0.125. The molecule has 4 nitrogen and oxygen atoms in total. The first kappa shape index (κ1) is 20.6. The number of rotatable bonds is 4. The molecular weight excluding hydrogens is 492 g/mol. The second-order valence-corrected chi connectivity index (χ2v) is 9.02. The molecule has 1 aromatic heterocycles. The summed E-state index contributed by atoms with van der Waals surface area (Å²) in [4.78, 5) is 7.72. The minimum atomic E-state index is -0.444. The van der Waals surface area contributed by atoms with E-state index in [9.17, 15) is 9.50 Å². The molecule has 152 valence electrons. The molecule has 0 aliphatic heterocycles. The number of aromatic amines is 1. The van der Waals surface area contributed by atoms with Crippen molar-refractivity contribution in [2.45, 2.75) is 19.4 Å². The molecular formula is C24H21FIN3O. The van der Waals surface area contributed by atoms with Crippen molar-refractivity contribution in [1.82, 2.24) is 4.98 Å². The van der Waals surface area contributed by atoms with Gasteiger partial charge in [-0.25, -0.2) is 9.38 Å². The molecule has 4 aromatic rings. The van der Waals surface area contributed by atoms with Gasteiger partial charge in [-0.15, -0.1) is 0 Å². The van der Waals surface area contributed by atoms with E-state index in [2.05, 4.69) is 27.6 Å². The molecule has 0 unspecified atom stereocenters. The Morgan fingerprint density at radius 3 is 2.33 bits per heavy atom. The monoisotopic (exact) mass is 513 g/mol. The van der Waals surface area contributed by atoms with Gasteiger partial charge in [-0.1, -0.05) is 24.3 Å². The van der Waals surface area contributed by atoms with Crippen molar-refractivity contribution < 1.29 is 9.50 Å². The molecule has 3 aromatic carbocycles. The van der Waals surface area contributed by atoms with E-state index in [1.54, 1.807) is 6.07 Å². The Labute approximate surface area is 187 Å². The number of halogens is 2. The third kappa shape index (κ3) is 4.11. The van der Waals surface area contributed by atoms with Crippen molar-refractivity contribution >= 4 is 44.9 Å². The van der Waals surface area contributed by atoms with Crippen LogP contribution in [0.15, 0.2) is 71.7 Å². The Hall–Kier alpha value is -2.71. The fourth-order valence-electron chi connectivity index (χ4n) is 3.36. The van der Waals surface area contributed by atoms with E-state index in [0.717, 1.165) is 20.4 Å². The molecule has 0 saturated heterocycles. The van der Waals surface area contributed by atoms with Gasteiger partial charge in [0.2, 0.25) is 0 Å². The van der Waals surface area contributed by atoms with E-state index in [0.29, 0.717) is 22.2 Å². The first-order valence-corrected chi connectivity index (χ1v) is 10.5. The van der Waals surface area contributed by atoms with E-state index in [4.69, 9.17) is 10.7 Å². The van der Waals surface area contributed by atoms with Crippen LogP contribution in [0.2, 0.25) is 0 Å². The molecule has 6 heteroatoms. The smallest absolute Gasteiger partial charge is 0.199 e. The van der Waals surface area contributed by atoms with E-state index < -0.39 is 5.54 Å². The van der Waals surface area contributed by atoms with Gasteiger partial charge in [-0.2, -0.15) is 0 Å². The summed E-state index contributed by atoms with van der Waals surface area (Å²) in [6.07, 6.45) is 0. The van der Waals surface area contributed by atoms with Crippen LogP contribution >= 0.6 is 22.6 Å². The largest absolute Gasteiger partial charge is 0.494 e. The lowest BCUT2D eigenvalue weighted by Crippen LogP contribution is -2.28. The maximum Gasteiger partial charge on any atom is 0.199 e. The predicted octanol–water partition coefficient (Wildman–Crippen LogP) is 5.98. The van der Waals surface area contributed by atoms with Gasteiger partial charge in [0.1, 0.15) is 5.82 Å². The van der Waals surface area contributed by atoms with Crippen molar-refractivity contribution in [2.75, 3.05) is 0 Å². The van der Waals surface area contributed by atoms with Crippen molar-refractivity contribution in [3.8, 4) is 5.88 Å². The highest BCUT2D eigenvalue weighted by atomic mass is 127. The molecule has 1 heterocycles. The van der Waals surface area contributed by atoms with Crippen LogP contribution in [0.5, 0.6) is 5.88 Å². The van der Waals surface area contributed by atoms with Gasteiger partial charge in [0.25, 0.3) is 0 Å².